The fourth-order valence-corrected chi connectivity index (χ4v) is 4.92. The number of nitrogens with one attached hydrogen (secondary N) is 1. The van der Waals surface area contributed by atoms with Gasteiger partial charge < -0.3 is 15.4 Å². The summed E-state index contributed by atoms with van der Waals surface area (Å²) in [5, 5.41) is 23.7. The third-order valence-corrected chi connectivity index (χ3v) is 7.42. The second kappa shape index (κ2) is 16.9. The number of ketones is 1. The van der Waals surface area contributed by atoms with E-state index < -0.39 is 30.6 Å². The monoisotopic (exact) mass is 741 g/mol. The lowest BCUT2D eigenvalue weighted by atomic mass is 9.80. The van der Waals surface area contributed by atoms with Gasteiger partial charge in [-0.2, -0.15) is 26.3 Å². The number of hydrogen-bond donors (Lipinski definition) is 3. The van der Waals surface area contributed by atoms with Crippen LogP contribution in [0.1, 0.15) is 49.5 Å². The van der Waals surface area contributed by atoms with Gasteiger partial charge in [0.1, 0.15) is 16.6 Å². The zero-order chi connectivity index (χ0) is 33.4. The molecule has 45 heavy (non-hydrogen) atoms. The number of amides is 1. The number of hydrogen-bond acceptors (Lipinski definition) is 10. The predicted octanol–water partition coefficient (Wildman–Crippen LogP) is 6.25. The molecule has 0 aromatic carbocycles. The smallest absolute Gasteiger partial charge is 0.423 e. The summed E-state index contributed by atoms with van der Waals surface area (Å²) in [4.78, 5) is 36.8. The van der Waals surface area contributed by atoms with Gasteiger partial charge in [-0.25, -0.2) is 9.97 Å². The summed E-state index contributed by atoms with van der Waals surface area (Å²) in [6, 6.07) is 1.71. The molecular formula is C26H27BBrF6N5O4S2. The molecule has 0 radical (unpaired) electrons. The Bertz CT molecular complexity index is 1600. The minimum atomic E-state index is -4.53. The SMILES string of the molecule is C.CC(=O)Cc1csc(-c2cnc(C)c(C(F)(F)F)c2)n1.CC(=O)Nc1csc(Br)n1.Cc1ncc(B(O)O)cc1C(F)(F)F. The minimum Gasteiger partial charge on any atom is -0.423 e. The maximum Gasteiger partial charge on any atom is 0.490 e. The second-order valence-electron chi connectivity index (χ2n) is 8.82. The van der Waals surface area contributed by atoms with Crippen molar-refractivity contribution in [3.05, 3.63) is 67.4 Å². The van der Waals surface area contributed by atoms with E-state index in [9.17, 15) is 35.9 Å². The van der Waals surface area contributed by atoms with Gasteiger partial charge in [0.15, 0.2) is 3.92 Å². The Hall–Kier alpha value is -3.26. The predicted molar refractivity (Wildman–Crippen MR) is 164 cm³/mol. The molecule has 3 N–H and O–H groups in total. The number of aromatic nitrogens is 4. The van der Waals surface area contributed by atoms with Crippen LogP contribution in [0.3, 0.4) is 0 Å². The number of carbonyl (C=O) groups excluding carboxylic acids is 2. The van der Waals surface area contributed by atoms with Gasteiger partial charge in [0.25, 0.3) is 0 Å². The lowest BCUT2D eigenvalue weighted by Gasteiger charge is -2.10. The Kier molecular flexibility index (Phi) is 14.9. The fraction of sp³-hybridized carbons (Fsp3) is 0.308. The van der Waals surface area contributed by atoms with E-state index in [1.54, 1.807) is 10.8 Å². The molecule has 0 unspecified atom stereocenters. The van der Waals surface area contributed by atoms with Crippen molar-refractivity contribution in [2.24, 2.45) is 0 Å². The summed E-state index contributed by atoms with van der Waals surface area (Å²) in [5.74, 6) is 0.460. The second-order valence-corrected chi connectivity index (χ2v) is 11.8. The molecule has 244 valence electrons. The maximum atomic E-state index is 12.8. The van der Waals surface area contributed by atoms with Crippen molar-refractivity contribution in [2.45, 2.75) is 53.9 Å². The molecule has 4 aromatic heterocycles. The molecular weight excluding hydrogens is 715 g/mol. The molecule has 0 fully saturated rings. The summed E-state index contributed by atoms with van der Waals surface area (Å²) >= 11 is 5.81. The standard InChI is InChI=1S/C13H11F3N2OS.C7H7BF3NO2.C5H5BrN2OS.CH4/c1-7(19)3-10-6-20-12(18-10)9-4-11(13(14,15)16)8(2)17-5-9;1-4-6(7(9,10)11)2-5(3-12-4)8(13)14;1-3(9)7-4-2-10-5(6)8-4;/h4-6H,3H2,1-2H3;2-3,13-14H,1H3;2H,1H3,(H,7,9);1H4. The zero-order valence-electron chi connectivity index (χ0n) is 23.2. The number of alkyl halides is 6. The van der Waals surface area contributed by atoms with Crippen molar-refractivity contribution < 1.29 is 46.0 Å². The molecule has 0 saturated heterocycles. The van der Waals surface area contributed by atoms with Crippen LogP contribution in [0.15, 0.2) is 39.2 Å². The van der Waals surface area contributed by atoms with E-state index in [-0.39, 0.29) is 42.4 Å². The van der Waals surface area contributed by atoms with Gasteiger partial charge in [0.05, 0.1) is 16.8 Å². The fourth-order valence-electron chi connectivity index (χ4n) is 3.18. The highest BCUT2D eigenvalue weighted by Gasteiger charge is 2.34. The number of pyridine rings is 2. The van der Waals surface area contributed by atoms with Crippen LogP contribution in [-0.4, -0.2) is 48.8 Å². The highest BCUT2D eigenvalue weighted by Crippen LogP contribution is 2.34. The quantitative estimate of drug-likeness (QED) is 0.161. The van der Waals surface area contributed by atoms with Crippen LogP contribution in [0.5, 0.6) is 0 Å². The van der Waals surface area contributed by atoms with Gasteiger partial charge in [-0.05, 0) is 48.8 Å². The molecule has 4 aromatic rings. The van der Waals surface area contributed by atoms with Gasteiger partial charge in [0, 0.05) is 58.9 Å². The Morgan fingerprint density at radius 3 is 1.93 bits per heavy atom. The highest BCUT2D eigenvalue weighted by atomic mass is 79.9. The molecule has 0 bridgehead atoms. The molecule has 0 spiro atoms. The molecule has 4 heterocycles. The van der Waals surface area contributed by atoms with E-state index in [4.69, 9.17) is 10.0 Å². The molecule has 4 rings (SSSR count). The number of nitrogens with zero attached hydrogens (tertiary/aromatic N) is 4. The molecule has 0 saturated carbocycles. The van der Waals surface area contributed by atoms with E-state index in [0.29, 0.717) is 28.1 Å². The summed E-state index contributed by atoms with van der Waals surface area (Å²) in [6.07, 6.45) is -6.42. The Morgan fingerprint density at radius 1 is 0.911 bits per heavy atom. The third-order valence-electron chi connectivity index (χ3n) is 5.11. The van der Waals surface area contributed by atoms with E-state index in [0.717, 1.165) is 16.2 Å². The maximum absolute atomic E-state index is 12.8. The van der Waals surface area contributed by atoms with E-state index in [1.807, 2.05) is 0 Å². The van der Waals surface area contributed by atoms with Crippen LogP contribution >= 0.6 is 38.6 Å². The van der Waals surface area contributed by atoms with Crippen LogP contribution in [0, 0.1) is 13.8 Å². The van der Waals surface area contributed by atoms with E-state index >= 15 is 0 Å². The van der Waals surface area contributed by atoms with Crippen molar-refractivity contribution in [2.75, 3.05) is 5.32 Å². The first-order valence-corrected chi connectivity index (χ1v) is 14.6. The topological polar surface area (TPSA) is 138 Å². The molecule has 0 aliphatic heterocycles. The average Bonchev–Trinajstić information content (AvgIpc) is 3.51. The van der Waals surface area contributed by atoms with E-state index in [1.165, 1.54) is 56.6 Å². The molecule has 1 amide bonds. The molecule has 0 atom stereocenters. The molecule has 9 nitrogen and oxygen atoms in total. The van der Waals surface area contributed by atoms with Crippen LogP contribution in [0.2, 0.25) is 0 Å². The normalized spacial score (nSPS) is 10.9. The summed E-state index contributed by atoms with van der Waals surface area (Å²) < 4.78 is 76.1. The van der Waals surface area contributed by atoms with Crippen LogP contribution in [-0.2, 0) is 28.4 Å². The molecule has 19 heteroatoms. The van der Waals surface area contributed by atoms with Gasteiger partial charge >= 0.3 is 19.5 Å². The number of Topliss-reactive ketones (excluding diaryl/α,β-unsaturated/α-hetero) is 1. The van der Waals surface area contributed by atoms with Crippen LogP contribution in [0.4, 0.5) is 32.2 Å². The Balaban J connectivity index is 0.000000355. The van der Waals surface area contributed by atoms with Crippen molar-refractivity contribution in [1.29, 1.82) is 0 Å². The van der Waals surface area contributed by atoms with E-state index in [2.05, 4.69) is 41.2 Å². The minimum absolute atomic E-state index is 0. The van der Waals surface area contributed by atoms with Crippen LogP contribution < -0.4 is 10.8 Å². The van der Waals surface area contributed by atoms with Gasteiger partial charge in [0.2, 0.25) is 5.91 Å². The van der Waals surface area contributed by atoms with Gasteiger partial charge in [-0.1, -0.05) is 7.43 Å². The largest absolute Gasteiger partial charge is 0.490 e. The lowest BCUT2D eigenvalue weighted by molar-refractivity contribution is -0.139. The zero-order valence-corrected chi connectivity index (χ0v) is 26.4. The van der Waals surface area contributed by atoms with Crippen LogP contribution in [0.25, 0.3) is 10.6 Å². The number of anilines is 1. The number of halogens is 7. The lowest BCUT2D eigenvalue weighted by Crippen LogP contribution is -2.31. The Morgan fingerprint density at radius 2 is 1.47 bits per heavy atom. The Labute approximate surface area is 271 Å². The first kappa shape index (κ1) is 39.8. The van der Waals surface area contributed by atoms with Crippen molar-refractivity contribution in [1.82, 2.24) is 19.9 Å². The number of thiazole rings is 2. The average molecular weight is 742 g/mol. The van der Waals surface area contributed by atoms with Gasteiger partial charge in [-0.3, -0.25) is 19.6 Å². The number of carbonyl (C=O) groups is 2. The first-order valence-electron chi connectivity index (χ1n) is 12.0. The third kappa shape index (κ3) is 12.9. The van der Waals surface area contributed by atoms with Gasteiger partial charge in [-0.15, -0.1) is 22.7 Å². The highest BCUT2D eigenvalue weighted by molar-refractivity contribution is 9.11. The van der Waals surface area contributed by atoms with Crippen molar-refractivity contribution in [3.8, 4) is 10.6 Å². The summed E-state index contributed by atoms with van der Waals surface area (Å²) in [6.45, 7) is 5.41. The molecule has 0 aliphatic carbocycles. The first-order chi connectivity index (χ1) is 20.3. The number of rotatable bonds is 5. The van der Waals surface area contributed by atoms with Crippen molar-refractivity contribution >= 4 is 68.7 Å². The number of aryl methyl sites for hydroxylation is 2. The van der Waals surface area contributed by atoms with Crippen molar-refractivity contribution in [3.63, 3.8) is 0 Å². The molecule has 0 aliphatic rings. The summed E-state index contributed by atoms with van der Waals surface area (Å²) in [7, 11) is -1.94. The summed E-state index contributed by atoms with van der Waals surface area (Å²) in [5.41, 5.74) is -1.39.